The van der Waals surface area contributed by atoms with Crippen molar-refractivity contribution in [2.24, 2.45) is 5.73 Å². The smallest absolute Gasteiger partial charge is 0.274 e. The normalized spacial score (nSPS) is 13.8. The number of nitro groups is 1. The summed E-state index contributed by atoms with van der Waals surface area (Å²) in [5.41, 5.74) is 5.23. The molecule has 0 saturated carbocycles. The molecule has 0 aliphatic heterocycles. The van der Waals surface area contributed by atoms with E-state index in [9.17, 15) is 19.6 Å². The van der Waals surface area contributed by atoms with Crippen molar-refractivity contribution in [3.63, 3.8) is 0 Å². The molecule has 7 heteroatoms. The highest BCUT2D eigenvalue weighted by molar-refractivity contribution is 5.85. The molecule has 5 nitrogen and oxygen atoms in total. The van der Waals surface area contributed by atoms with Gasteiger partial charge in [0.2, 0.25) is 0 Å². The SMILES string of the molecule is C[C@@H](O)[C@@H](N)c1cc(F)ccc1[N+](=O)[O-].Cl. The van der Waals surface area contributed by atoms with Gasteiger partial charge in [0, 0.05) is 6.07 Å². The first-order chi connectivity index (χ1) is 6.93. The molecule has 0 heterocycles. The fourth-order valence-corrected chi connectivity index (χ4v) is 1.22. The van der Waals surface area contributed by atoms with E-state index in [-0.39, 0.29) is 23.7 Å². The van der Waals surface area contributed by atoms with Gasteiger partial charge in [0.1, 0.15) is 5.82 Å². The predicted octanol–water partition coefficient (Wildman–Crippen LogP) is 1.54. The molecule has 1 aromatic rings. The van der Waals surface area contributed by atoms with Crippen LogP contribution in [0, 0.1) is 15.9 Å². The van der Waals surface area contributed by atoms with Crippen LogP contribution in [0.4, 0.5) is 10.1 Å². The molecule has 0 amide bonds. The number of hydrogen-bond donors (Lipinski definition) is 2. The van der Waals surface area contributed by atoms with E-state index in [4.69, 9.17) is 5.73 Å². The van der Waals surface area contributed by atoms with Crippen LogP contribution in [0.3, 0.4) is 0 Å². The molecule has 0 aliphatic carbocycles. The van der Waals surface area contributed by atoms with Crippen LogP contribution in [0.25, 0.3) is 0 Å². The van der Waals surface area contributed by atoms with E-state index in [0.29, 0.717) is 0 Å². The van der Waals surface area contributed by atoms with Gasteiger partial charge in [-0.05, 0) is 19.1 Å². The monoisotopic (exact) mass is 250 g/mol. The Morgan fingerprint density at radius 3 is 2.56 bits per heavy atom. The zero-order valence-corrected chi connectivity index (χ0v) is 9.28. The maximum atomic E-state index is 12.9. The van der Waals surface area contributed by atoms with Crippen LogP contribution < -0.4 is 5.73 Å². The topological polar surface area (TPSA) is 89.4 Å². The average Bonchev–Trinajstić information content (AvgIpc) is 2.15. The van der Waals surface area contributed by atoms with Crippen molar-refractivity contribution in [2.75, 3.05) is 0 Å². The summed E-state index contributed by atoms with van der Waals surface area (Å²) in [4.78, 5) is 9.95. The Morgan fingerprint density at radius 2 is 2.12 bits per heavy atom. The van der Waals surface area contributed by atoms with E-state index in [0.717, 1.165) is 18.2 Å². The Kier molecular flexibility index (Phi) is 5.29. The highest BCUT2D eigenvalue weighted by atomic mass is 35.5. The molecule has 1 rings (SSSR count). The highest BCUT2D eigenvalue weighted by Crippen LogP contribution is 2.26. The number of nitrogens with two attached hydrogens (primary N) is 1. The van der Waals surface area contributed by atoms with Gasteiger partial charge in [-0.2, -0.15) is 0 Å². The Hall–Kier alpha value is -1.24. The summed E-state index contributed by atoms with van der Waals surface area (Å²) in [6.07, 6.45) is -0.981. The number of nitro benzene ring substituents is 1. The lowest BCUT2D eigenvalue weighted by molar-refractivity contribution is -0.385. The number of benzene rings is 1. The maximum absolute atomic E-state index is 12.9. The first-order valence-corrected chi connectivity index (χ1v) is 4.31. The lowest BCUT2D eigenvalue weighted by Gasteiger charge is -2.14. The van der Waals surface area contributed by atoms with Gasteiger partial charge in [0.25, 0.3) is 5.69 Å². The maximum Gasteiger partial charge on any atom is 0.274 e. The number of halogens is 2. The molecule has 0 aliphatic rings. The van der Waals surface area contributed by atoms with E-state index < -0.39 is 22.9 Å². The van der Waals surface area contributed by atoms with E-state index in [1.807, 2.05) is 0 Å². The quantitative estimate of drug-likeness (QED) is 0.629. The van der Waals surface area contributed by atoms with Crippen LogP contribution in [0.1, 0.15) is 18.5 Å². The second kappa shape index (κ2) is 5.74. The van der Waals surface area contributed by atoms with Crippen molar-refractivity contribution < 1.29 is 14.4 Å². The minimum atomic E-state index is -0.981. The molecule has 0 bridgehead atoms. The van der Waals surface area contributed by atoms with Crippen molar-refractivity contribution in [3.05, 3.63) is 39.7 Å². The molecular weight excluding hydrogens is 239 g/mol. The fourth-order valence-electron chi connectivity index (χ4n) is 1.22. The molecule has 90 valence electrons. The fraction of sp³-hybridized carbons (Fsp3) is 0.333. The van der Waals surface area contributed by atoms with Crippen LogP contribution in [-0.2, 0) is 0 Å². The molecule has 0 spiro atoms. The number of aliphatic hydroxyl groups excluding tert-OH is 1. The second-order valence-electron chi connectivity index (χ2n) is 3.23. The summed E-state index contributed by atoms with van der Waals surface area (Å²) < 4.78 is 12.9. The van der Waals surface area contributed by atoms with Gasteiger partial charge in [-0.3, -0.25) is 10.1 Å². The largest absolute Gasteiger partial charge is 0.391 e. The van der Waals surface area contributed by atoms with Gasteiger partial charge in [0.05, 0.1) is 22.6 Å². The molecular formula is C9H12ClFN2O3. The van der Waals surface area contributed by atoms with Gasteiger partial charge in [-0.1, -0.05) is 0 Å². The second-order valence-corrected chi connectivity index (χ2v) is 3.23. The van der Waals surface area contributed by atoms with Crippen molar-refractivity contribution in [1.29, 1.82) is 0 Å². The molecule has 0 radical (unpaired) electrons. The van der Waals surface area contributed by atoms with E-state index in [1.165, 1.54) is 6.92 Å². The number of nitrogens with zero attached hydrogens (tertiary/aromatic N) is 1. The van der Waals surface area contributed by atoms with Gasteiger partial charge in [-0.25, -0.2) is 4.39 Å². The van der Waals surface area contributed by atoms with Crippen LogP contribution in [0.2, 0.25) is 0 Å². The van der Waals surface area contributed by atoms with Crippen LogP contribution in [0.15, 0.2) is 18.2 Å². The summed E-state index contributed by atoms with van der Waals surface area (Å²) in [6, 6.07) is 2.01. The zero-order chi connectivity index (χ0) is 11.6. The predicted molar refractivity (Wildman–Crippen MR) is 58.9 cm³/mol. The Morgan fingerprint density at radius 1 is 1.56 bits per heavy atom. The van der Waals surface area contributed by atoms with Crippen molar-refractivity contribution >= 4 is 18.1 Å². The molecule has 2 atom stereocenters. The Labute approximate surface area is 97.6 Å². The lowest BCUT2D eigenvalue weighted by Crippen LogP contribution is -2.24. The molecule has 16 heavy (non-hydrogen) atoms. The summed E-state index contributed by atoms with van der Waals surface area (Å²) >= 11 is 0. The Bertz CT molecular complexity index is 387. The van der Waals surface area contributed by atoms with Gasteiger partial charge in [0.15, 0.2) is 0 Å². The standard InChI is InChI=1S/C9H11FN2O3.ClH/c1-5(13)9(11)7-4-6(10)2-3-8(7)12(14)15;/h2-5,9,13H,11H2,1H3;1H/t5-,9-;/m1./s1. The summed E-state index contributed by atoms with van der Waals surface area (Å²) in [5.74, 6) is -0.619. The Balaban J connectivity index is 0.00000225. The number of rotatable bonds is 3. The third-order valence-electron chi connectivity index (χ3n) is 2.07. The van der Waals surface area contributed by atoms with Crippen molar-refractivity contribution in [3.8, 4) is 0 Å². The summed E-state index contributed by atoms with van der Waals surface area (Å²) in [5, 5.41) is 19.8. The highest BCUT2D eigenvalue weighted by Gasteiger charge is 2.23. The minimum absolute atomic E-state index is 0. The minimum Gasteiger partial charge on any atom is -0.391 e. The van der Waals surface area contributed by atoms with Gasteiger partial charge in [-0.15, -0.1) is 12.4 Å². The molecule has 0 fully saturated rings. The zero-order valence-electron chi connectivity index (χ0n) is 8.46. The lowest BCUT2D eigenvalue weighted by atomic mass is 10.0. The van der Waals surface area contributed by atoms with Gasteiger partial charge < -0.3 is 10.8 Å². The van der Waals surface area contributed by atoms with Crippen LogP contribution in [0.5, 0.6) is 0 Å². The van der Waals surface area contributed by atoms with Crippen LogP contribution >= 0.6 is 12.4 Å². The third kappa shape index (κ3) is 3.13. The first-order valence-electron chi connectivity index (χ1n) is 4.31. The average molecular weight is 251 g/mol. The third-order valence-corrected chi connectivity index (χ3v) is 2.07. The molecule has 0 saturated heterocycles. The summed E-state index contributed by atoms with van der Waals surface area (Å²) in [7, 11) is 0. The summed E-state index contributed by atoms with van der Waals surface area (Å²) in [6.45, 7) is 1.39. The van der Waals surface area contributed by atoms with Crippen LogP contribution in [-0.4, -0.2) is 16.1 Å². The number of aliphatic hydroxyl groups is 1. The molecule has 1 aromatic carbocycles. The molecule has 0 unspecified atom stereocenters. The van der Waals surface area contributed by atoms with Crippen molar-refractivity contribution in [1.82, 2.24) is 0 Å². The van der Waals surface area contributed by atoms with Gasteiger partial charge >= 0.3 is 0 Å². The van der Waals surface area contributed by atoms with E-state index in [1.54, 1.807) is 0 Å². The van der Waals surface area contributed by atoms with E-state index >= 15 is 0 Å². The van der Waals surface area contributed by atoms with E-state index in [2.05, 4.69) is 0 Å². The molecule has 0 aromatic heterocycles. The van der Waals surface area contributed by atoms with Crippen molar-refractivity contribution in [2.45, 2.75) is 19.1 Å². The number of hydrogen-bond acceptors (Lipinski definition) is 4. The first kappa shape index (κ1) is 14.8. The molecule has 3 N–H and O–H groups in total.